The molecular formula is C35H30. The normalized spacial score (nSPS) is 13.4. The number of rotatable bonds is 3. The number of aryl methyl sites for hydroxylation is 4. The predicted molar refractivity (Wildman–Crippen MR) is 148 cm³/mol. The van der Waals surface area contributed by atoms with Gasteiger partial charge in [-0.15, -0.1) is 0 Å². The van der Waals surface area contributed by atoms with Crippen LogP contribution in [0.5, 0.6) is 0 Å². The van der Waals surface area contributed by atoms with Gasteiger partial charge in [0.15, 0.2) is 0 Å². The van der Waals surface area contributed by atoms with Crippen LogP contribution in [-0.4, -0.2) is 0 Å². The molecule has 1 aliphatic carbocycles. The van der Waals surface area contributed by atoms with Gasteiger partial charge in [-0.3, -0.25) is 0 Å². The molecule has 0 bridgehead atoms. The van der Waals surface area contributed by atoms with Crippen molar-refractivity contribution in [2.45, 2.75) is 33.1 Å². The van der Waals surface area contributed by atoms with Crippen molar-refractivity contribution in [3.8, 4) is 22.3 Å². The second-order valence-corrected chi connectivity index (χ2v) is 10.2. The minimum Gasteiger partial charge on any atom is -0.0590 e. The molecule has 0 aromatic heterocycles. The van der Waals surface area contributed by atoms with E-state index in [1.165, 1.54) is 66.8 Å². The Kier molecular flexibility index (Phi) is 5.00. The highest BCUT2D eigenvalue weighted by Crippen LogP contribution is 2.57. The monoisotopic (exact) mass is 450 g/mol. The maximum absolute atomic E-state index is 2.44. The van der Waals surface area contributed by atoms with Crippen molar-refractivity contribution in [2.24, 2.45) is 0 Å². The van der Waals surface area contributed by atoms with Gasteiger partial charge < -0.3 is 0 Å². The predicted octanol–water partition coefficient (Wildman–Crippen LogP) is 8.95. The third kappa shape index (κ3) is 3.36. The molecule has 0 radical (unpaired) electrons. The third-order valence-electron chi connectivity index (χ3n) is 7.65. The first-order valence-electron chi connectivity index (χ1n) is 12.4. The molecular weight excluding hydrogens is 420 g/mol. The summed E-state index contributed by atoms with van der Waals surface area (Å²) in [6, 6.07) is 41.2. The molecule has 0 nitrogen and oxygen atoms in total. The molecule has 5 aromatic rings. The van der Waals surface area contributed by atoms with Gasteiger partial charge in [0.2, 0.25) is 0 Å². The van der Waals surface area contributed by atoms with Crippen LogP contribution in [0.1, 0.15) is 44.5 Å². The fourth-order valence-electron chi connectivity index (χ4n) is 5.76. The maximum Gasteiger partial charge on any atom is 0.0713 e. The van der Waals surface area contributed by atoms with Gasteiger partial charge >= 0.3 is 0 Å². The average Bonchev–Trinajstić information content (AvgIpc) is 3.15. The van der Waals surface area contributed by atoms with Crippen molar-refractivity contribution in [1.29, 1.82) is 0 Å². The van der Waals surface area contributed by atoms with Crippen LogP contribution < -0.4 is 0 Å². The lowest BCUT2D eigenvalue weighted by Gasteiger charge is -2.34. The molecule has 170 valence electrons. The van der Waals surface area contributed by atoms with Gasteiger partial charge in [-0.1, -0.05) is 125 Å². The summed E-state index contributed by atoms with van der Waals surface area (Å²) < 4.78 is 0. The maximum atomic E-state index is 2.44. The Morgan fingerprint density at radius 3 is 1.31 bits per heavy atom. The molecule has 0 N–H and O–H groups in total. The standard InChI is InChI=1S/C35H30/c1-23-5-12-27(13-6-23)28-14-20-32-31-19-11-26(4)21-33(31)35(34(32)22-28,29-15-7-24(2)8-16-29)30-17-9-25(3)10-18-30/h5-22H,1-4H3. The van der Waals surface area contributed by atoms with Crippen LogP contribution in [0.25, 0.3) is 22.3 Å². The Morgan fingerprint density at radius 2 is 0.771 bits per heavy atom. The van der Waals surface area contributed by atoms with Crippen molar-refractivity contribution in [1.82, 2.24) is 0 Å². The molecule has 0 fully saturated rings. The first-order valence-corrected chi connectivity index (χ1v) is 12.4. The van der Waals surface area contributed by atoms with Crippen LogP contribution in [0.4, 0.5) is 0 Å². The minimum absolute atomic E-state index is 0.362. The van der Waals surface area contributed by atoms with Crippen LogP contribution in [0.15, 0.2) is 109 Å². The van der Waals surface area contributed by atoms with E-state index in [-0.39, 0.29) is 5.41 Å². The van der Waals surface area contributed by atoms with E-state index in [4.69, 9.17) is 0 Å². The molecule has 6 rings (SSSR count). The molecule has 0 heteroatoms. The van der Waals surface area contributed by atoms with Gasteiger partial charge in [-0.25, -0.2) is 0 Å². The lowest BCUT2D eigenvalue weighted by Crippen LogP contribution is -2.28. The summed E-state index contributed by atoms with van der Waals surface area (Å²) in [5, 5.41) is 0. The first-order chi connectivity index (χ1) is 17.0. The topological polar surface area (TPSA) is 0 Å². The summed E-state index contributed by atoms with van der Waals surface area (Å²) in [5.41, 5.74) is 15.3. The van der Waals surface area contributed by atoms with E-state index in [1.54, 1.807) is 0 Å². The SMILES string of the molecule is Cc1ccc(-c2ccc3c(c2)C(c2ccc(C)cc2)(c2ccc(C)cc2)c2cc(C)ccc2-3)cc1. The second-order valence-electron chi connectivity index (χ2n) is 10.2. The molecule has 0 saturated carbocycles. The zero-order valence-electron chi connectivity index (χ0n) is 20.9. The van der Waals surface area contributed by atoms with Crippen molar-refractivity contribution >= 4 is 0 Å². The number of benzene rings is 5. The van der Waals surface area contributed by atoms with Gasteiger partial charge in [0.1, 0.15) is 0 Å². The van der Waals surface area contributed by atoms with Crippen molar-refractivity contribution in [2.75, 3.05) is 0 Å². The molecule has 5 aromatic carbocycles. The molecule has 0 aliphatic heterocycles. The fraction of sp³-hybridized carbons (Fsp3) is 0.143. The summed E-state index contributed by atoms with van der Waals surface area (Å²) in [4.78, 5) is 0. The van der Waals surface area contributed by atoms with E-state index >= 15 is 0 Å². The molecule has 0 spiro atoms. The summed E-state index contributed by atoms with van der Waals surface area (Å²) in [5.74, 6) is 0. The van der Waals surface area contributed by atoms with Crippen molar-refractivity contribution in [3.05, 3.63) is 154 Å². The fourth-order valence-corrected chi connectivity index (χ4v) is 5.76. The Morgan fingerprint density at radius 1 is 0.371 bits per heavy atom. The Labute approximate surface area is 208 Å². The molecule has 0 unspecified atom stereocenters. The number of hydrogen-bond acceptors (Lipinski definition) is 0. The van der Waals surface area contributed by atoms with Gasteiger partial charge in [0.05, 0.1) is 5.41 Å². The molecule has 1 aliphatic rings. The van der Waals surface area contributed by atoms with Crippen LogP contribution in [0, 0.1) is 27.7 Å². The number of hydrogen-bond donors (Lipinski definition) is 0. The van der Waals surface area contributed by atoms with E-state index in [9.17, 15) is 0 Å². The lowest BCUT2D eigenvalue weighted by molar-refractivity contribution is 0.767. The van der Waals surface area contributed by atoms with Crippen molar-refractivity contribution in [3.63, 3.8) is 0 Å². The molecule has 0 heterocycles. The van der Waals surface area contributed by atoms with E-state index in [0.29, 0.717) is 0 Å². The zero-order chi connectivity index (χ0) is 24.2. The molecule has 35 heavy (non-hydrogen) atoms. The van der Waals surface area contributed by atoms with Crippen molar-refractivity contribution < 1.29 is 0 Å². The highest BCUT2D eigenvalue weighted by Gasteiger charge is 2.46. The summed E-state index contributed by atoms with van der Waals surface area (Å²) in [6.45, 7) is 8.68. The minimum atomic E-state index is -0.362. The van der Waals surface area contributed by atoms with E-state index in [2.05, 4.69) is 137 Å². The molecule has 0 amide bonds. The van der Waals surface area contributed by atoms with Gasteiger partial charge in [0, 0.05) is 0 Å². The second kappa shape index (κ2) is 8.10. The summed E-state index contributed by atoms with van der Waals surface area (Å²) in [7, 11) is 0. The van der Waals surface area contributed by atoms with Crippen LogP contribution >= 0.6 is 0 Å². The van der Waals surface area contributed by atoms with Crippen LogP contribution in [-0.2, 0) is 5.41 Å². The van der Waals surface area contributed by atoms with Gasteiger partial charge in [-0.05, 0) is 78.3 Å². The Bertz CT molecular complexity index is 1490. The van der Waals surface area contributed by atoms with Gasteiger partial charge in [0.25, 0.3) is 0 Å². The Hall–Kier alpha value is -3.90. The Balaban J connectivity index is 1.73. The summed E-state index contributed by atoms with van der Waals surface area (Å²) in [6.07, 6.45) is 0. The quantitative estimate of drug-likeness (QED) is 0.252. The van der Waals surface area contributed by atoms with Crippen LogP contribution in [0.3, 0.4) is 0 Å². The molecule has 0 saturated heterocycles. The summed E-state index contributed by atoms with van der Waals surface area (Å²) >= 11 is 0. The largest absolute Gasteiger partial charge is 0.0713 e. The number of fused-ring (bicyclic) bond motifs is 3. The van der Waals surface area contributed by atoms with E-state index in [0.717, 1.165) is 0 Å². The average molecular weight is 451 g/mol. The first kappa shape index (κ1) is 21.6. The smallest absolute Gasteiger partial charge is 0.0590 e. The highest BCUT2D eigenvalue weighted by atomic mass is 14.5. The molecule has 0 atom stereocenters. The van der Waals surface area contributed by atoms with Gasteiger partial charge in [-0.2, -0.15) is 0 Å². The lowest BCUT2D eigenvalue weighted by atomic mass is 9.67. The zero-order valence-corrected chi connectivity index (χ0v) is 20.9. The van der Waals surface area contributed by atoms with E-state index < -0.39 is 0 Å². The highest BCUT2D eigenvalue weighted by molar-refractivity contribution is 5.88. The van der Waals surface area contributed by atoms with E-state index in [1.807, 2.05) is 0 Å². The van der Waals surface area contributed by atoms with Crippen LogP contribution in [0.2, 0.25) is 0 Å². The third-order valence-corrected chi connectivity index (χ3v) is 7.65.